The van der Waals surface area contributed by atoms with Crippen molar-refractivity contribution >= 4 is 15.9 Å². The van der Waals surface area contributed by atoms with Crippen molar-refractivity contribution < 1.29 is 4.74 Å². The van der Waals surface area contributed by atoms with Gasteiger partial charge in [0.1, 0.15) is 5.75 Å². The summed E-state index contributed by atoms with van der Waals surface area (Å²) >= 11 is 3.59. The summed E-state index contributed by atoms with van der Waals surface area (Å²) < 4.78 is 8.70. The van der Waals surface area contributed by atoms with Gasteiger partial charge < -0.3 is 10.1 Å². The molecular weight excluding hydrogens is 330 g/mol. The third kappa shape index (κ3) is 3.86. The van der Waals surface area contributed by atoms with E-state index in [2.05, 4.69) is 45.4 Å². The first-order valence-corrected chi connectivity index (χ1v) is 7.99. The van der Waals surface area contributed by atoms with E-state index < -0.39 is 0 Å². The van der Waals surface area contributed by atoms with Gasteiger partial charge in [0, 0.05) is 7.05 Å². The number of rotatable bonds is 6. The third-order valence-corrected chi connectivity index (χ3v) is 3.79. The number of halogens is 1. The normalized spacial score (nSPS) is 12.7. The van der Waals surface area contributed by atoms with E-state index in [1.807, 2.05) is 43.9 Å². The van der Waals surface area contributed by atoms with E-state index in [0.717, 1.165) is 22.5 Å². The van der Waals surface area contributed by atoms with Crippen LogP contribution in [0.4, 0.5) is 0 Å². The van der Waals surface area contributed by atoms with E-state index in [-0.39, 0.29) is 12.1 Å². The van der Waals surface area contributed by atoms with Crippen molar-refractivity contribution in [2.24, 2.45) is 7.05 Å². The van der Waals surface area contributed by atoms with Gasteiger partial charge in [-0.25, -0.2) is 0 Å². The molecule has 2 rings (SSSR count). The molecule has 1 unspecified atom stereocenters. The molecule has 1 heterocycles. The highest BCUT2D eigenvalue weighted by Crippen LogP contribution is 2.30. The van der Waals surface area contributed by atoms with Gasteiger partial charge in [-0.1, -0.05) is 19.1 Å². The fraction of sp³-hybridized carbons (Fsp3) is 0.438. The Morgan fingerprint density at radius 1 is 1.38 bits per heavy atom. The summed E-state index contributed by atoms with van der Waals surface area (Å²) in [5.41, 5.74) is 2.28. The Kier molecular flexibility index (Phi) is 5.42. The molecule has 0 saturated heterocycles. The molecule has 0 amide bonds. The lowest BCUT2D eigenvalue weighted by molar-refractivity contribution is 0.242. The molecule has 1 aromatic carbocycles. The minimum atomic E-state index is 0.0765. The van der Waals surface area contributed by atoms with E-state index in [4.69, 9.17) is 4.74 Å². The van der Waals surface area contributed by atoms with Crippen LogP contribution in [0.1, 0.15) is 38.1 Å². The van der Waals surface area contributed by atoms with E-state index in [9.17, 15) is 0 Å². The zero-order valence-electron chi connectivity index (χ0n) is 12.9. The van der Waals surface area contributed by atoms with Crippen LogP contribution in [0.2, 0.25) is 0 Å². The molecule has 0 fully saturated rings. The Labute approximate surface area is 134 Å². The number of nitrogens with one attached hydrogen (secondary N) is 1. The molecule has 5 heteroatoms. The summed E-state index contributed by atoms with van der Waals surface area (Å²) in [5.74, 6) is 0.892. The number of hydrogen-bond donors (Lipinski definition) is 1. The summed E-state index contributed by atoms with van der Waals surface area (Å²) in [7, 11) is 1.96. The van der Waals surface area contributed by atoms with Crippen LogP contribution in [0.15, 0.2) is 34.9 Å². The molecule has 2 aromatic rings. The van der Waals surface area contributed by atoms with Gasteiger partial charge in [0.15, 0.2) is 0 Å². The molecule has 114 valence electrons. The van der Waals surface area contributed by atoms with E-state index in [1.165, 1.54) is 5.56 Å². The topological polar surface area (TPSA) is 39.1 Å². The number of benzene rings is 1. The monoisotopic (exact) mass is 351 g/mol. The first-order valence-electron chi connectivity index (χ1n) is 7.20. The second-order valence-corrected chi connectivity index (χ2v) is 6.09. The standard InChI is InChI=1S/C16H22BrN3O/c1-5-18-15(16-14(17)10-19-20(16)4)12-7-6-8-13(9-12)21-11(2)3/h6-11,15,18H,5H2,1-4H3. The van der Waals surface area contributed by atoms with Gasteiger partial charge in [-0.2, -0.15) is 5.10 Å². The molecule has 1 aromatic heterocycles. The summed E-state index contributed by atoms with van der Waals surface area (Å²) in [5, 5.41) is 7.83. The molecule has 0 spiro atoms. The number of aromatic nitrogens is 2. The number of hydrogen-bond acceptors (Lipinski definition) is 3. The molecule has 0 aliphatic carbocycles. The van der Waals surface area contributed by atoms with Crippen molar-refractivity contribution in [3.8, 4) is 5.75 Å². The van der Waals surface area contributed by atoms with Crippen LogP contribution in [0, 0.1) is 0 Å². The highest BCUT2D eigenvalue weighted by molar-refractivity contribution is 9.10. The fourth-order valence-electron chi connectivity index (χ4n) is 2.36. The molecule has 21 heavy (non-hydrogen) atoms. The van der Waals surface area contributed by atoms with Crippen LogP contribution >= 0.6 is 15.9 Å². The molecule has 0 aliphatic rings. The SMILES string of the molecule is CCNC(c1cccc(OC(C)C)c1)c1c(Br)cnn1C. The van der Waals surface area contributed by atoms with E-state index in [1.54, 1.807) is 0 Å². The van der Waals surface area contributed by atoms with Crippen molar-refractivity contribution in [3.63, 3.8) is 0 Å². The smallest absolute Gasteiger partial charge is 0.120 e. The van der Waals surface area contributed by atoms with Gasteiger partial charge in [0.05, 0.1) is 28.5 Å². The number of nitrogens with zero attached hydrogens (tertiary/aromatic N) is 2. The third-order valence-electron chi connectivity index (χ3n) is 3.18. The van der Waals surface area contributed by atoms with Crippen LogP contribution in [-0.2, 0) is 7.05 Å². The first-order chi connectivity index (χ1) is 10.0. The second-order valence-electron chi connectivity index (χ2n) is 5.23. The van der Waals surface area contributed by atoms with E-state index in [0.29, 0.717) is 0 Å². The summed E-state index contributed by atoms with van der Waals surface area (Å²) in [6.07, 6.45) is 2.00. The maximum Gasteiger partial charge on any atom is 0.120 e. The predicted molar refractivity (Wildman–Crippen MR) is 88.6 cm³/mol. The number of ether oxygens (including phenoxy) is 1. The molecule has 1 atom stereocenters. The van der Waals surface area contributed by atoms with Gasteiger partial charge in [0.2, 0.25) is 0 Å². The van der Waals surface area contributed by atoms with Crippen LogP contribution in [-0.4, -0.2) is 22.4 Å². The minimum absolute atomic E-state index is 0.0765. The van der Waals surface area contributed by atoms with Gasteiger partial charge in [-0.05, 0) is 54.0 Å². The highest BCUT2D eigenvalue weighted by Gasteiger charge is 2.20. The quantitative estimate of drug-likeness (QED) is 0.862. The van der Waals surface area contributed by atoms with Crippen molar-refractivity contribution in [1.29, 1.82) is 0 Å². The Morgan fingerprint density at radius 3 is 2.71 bits per heavy atom. The van der Waals surface area contributed by atoms with Crippen molar-refractivity contribution in [3.05, 3.63) is 46.2 Å². The van der Waals surface area contributed by atoms with Crippen LogP contribution < -0.4 is 10.1 Å². The minimum Gasteiger partial charge on any atom is -0.491 e. The maximum atomic E-state index is 5.80. The zero-order chi connectivity index (χ0) is 15.4. The van der Waals surface area contributed by atoms with Gasteiger partial charge in [-0.3, -0.25) is 4.68 Å². The van der Waals surface area contributed by atoms with Gasteiger partial charge >= 0.3 is 0 Å². The lowest BCUT2D eigenvalue weighted by Gasteiger charge is -2.20. The Balaban J connectivity index is 2.39. The molecule has 0 saturated carbocycles. The van der Waals surface area contributed by atoms with Crippen molar-refractivity contribution in [2.75, 3.05) is 6.54 Å². The lowest BCUT2D eigenvalue weighted by atomic mass is 10.0. The van der Waals surface area contributed by atoms with Crippen LogP contribution in [0.3, 0.4) is 0 Å². The fourth-order valence-corrected chi connectivity index (χ4v) is 2.94. The van der Waals surface area contributed by atoms with Gasteiger partial charge in [0.25, 0.3) is 0 Å². The largest absolute Gasteiger partial charge is 0.491 e. The average Bonchev–Trinajstić information content (AvgIpc) is 2.75. The Morgan fingerprint density at radius 2 is 2.14 bits per heavy atom. The van der Waals surface area contributed by atoms with Gasteiger partial charge in [-0.15, -0.1) is 0 Å². The highest BCUT2D eigenvalue weighted by atomic mass is 79.9. The molecular formula is C16H22BrN3O. The molecule has 1 N–H and O–H groups in total. The summed E-state index contributed by atoms with van der Waals surface area (Å²) in [4.78, 5) is 0. The summed E-state index contributed by atoms with van der Waals surface area (Å²) in [6.45, 7) is 7.04. The maximum absolute atomic E-state index is 5.80. The zero-order valence-corrected chi connectivity index (χ0v) is 14.5. The van der Waals surface area contributed by atoms with Crippen molar-refractivity contribution in [2.45, 2.75) is 32.9 Å². The molecule has 0 aliphatic heterocycles. The number of aryl methyl sites for hydroxylation is 1. The first kappa shape index (κ1) is 16.0. The van der Waals surface area contributed by atoms with Crippen molar-refractivity contribution in [1.82, 2.24) is 15.1 Å². The summed E-state index contributed by atoms with van der Waals surface area (Å²) in [6, 6.07) is 8.30. The Bertz CT molecular complexity index is 575. The molecule has 0 radical (unpaired) electrons. The second kappa shape index (κ2) is 7.09. The predicted octanol–water partition coefficient (Wildman–Crippen LogP) is 3.67. The molecule has 0 bridgehead atoms. The van der Waals surface area contributed by atoms with E-state index >= 15 is 0 Å². The molecule has 4 nitrogen and oxygen atoms in total. The van der Waals surface area contributed by atoms with Crippen LogP contribution in [0.25, 0.3) is 0 Å². The van der Waals surface area contributed by atoms with Crippen LogP contribution in [0.5, 0.6) is 5.75 Å². The Hall–Kier alpha value is -1.33. The average molecular weight is 352 g/mol. The lowest BCUT2D eigenvalue weighted by Crippen LogP contribution is -2.24.